The fourth-order valence-corrected chi connectivity index (χ4v) is 5.08. The Bertz CT molecular complexity index is 1680. The zero-order valence-corrected chi connectivity index (χ0v) is 23.9. The molecule has 3 aromatic carbocycles. The van der Waals surface area contributed by atoms with Gasteiger partial charge in [0.05, 0.1) is 42.7 Å². The lowest BCUT2D eigenvalue weighted by molar-refractivity contribution is -0.133. The van der Waals surface area contributed by atoms with Gasteiger partial charge in [0, 0.05) is 18.9 Å². The molecule has 44 heavy (non-hydrogen) atoms. The van der Waals surface area contributed by atoms with Crippen LogP contribution in [0.5, 0.6) is 23.1 Å². The summed E-state index contributed by atoms with van der Waals surface area (Å²) in [7, 11) is 0. The highest BCUT2D eigenvalue weighted by atomic mass is 19.1. The van der Waals surface area contributed by atoms with Gasteiger partial charge in [-0.05, 0) is 54.3 Å². The van der Waals surface area contributed by atoms with Crippen molar-refractivity contribution in [2.75, 3.05) is 39.6 Å². The first-order chi connectivity index (χ1) is 21.4. The van der Waals surface area contributed by atoms with Gasteiger partial charge in [0.25, 0.3) is 0 Å². The van der Waals surface area contributed by atoms with E-state index in [-0.39, 0.29) is 42.6 Å². The number of nitrogens with zero attached hydrogens (tertiary/aromatic N) is 2. The second-order valence-corrected chi connectivity index (χ2v) is 10.7. The third kappa shape index (κ3) is 6.68. The number of halogens is 2. The monoisotopic (exact) mass is 604 g/mol. The van der Waals surface area contributed by atoms with Crippen LogP contribution in [0.3, 0.4) is 0 Å². The zero-order valence-electron chi connectivity index (χ0n) is 23.9. The minimum Gasteiger partial charge on any atom is -0.487 e. The average molecular weight is 605 g/mol. The molecule has 6 rings (SSSR count). The first-order valence-electron chi connectivity index (χ1n) is 14.4. The Labute approximate surface area is 252 Å². The van der Waals surface area contributed by atoms with Gasteiger partial charge >= 0.3 is 0 Å². The van der Waals surface area contributed by atoms with E-state index in [9.17, 15) is 14.0 Å². The molecule has 1 aliphatic carbocycles. The van der Waals surface area contributed by atoms with E-state index in [1.807, 2.05) is 0 Å². The van der Waals surface area contributed by atoms with E-state index >= 15 is 4.39 Å². The van der Waals surface area contributed by atoms with Gasteiger partial charge in [-0.2, -0.15) is 0 Å². The van der Waals surface area contributed by atoms with Crippen molar-refractivity contribution >= 4 is 22.5 Å². The van der Waals surface area contributed by atoms with Crippen molar-refractivity contribution in [3.63, 3.8) is 0 Å². The van der Waals surface area contributed by atoms with Gasteiger partial charge in [-0.25, -0.2) is 18.7 Å². The Kier molecular flexibility index (Phi) is 8.76. The highest BCUT2D eigenvalue weighted by Gasteiger charge is 2.54. The number of carbonyl (C=O) groups excluding carboxylic acids is 2. The van der Waals surface area contributed by atoms with E-state index in [4.69, 9.17) is 23.7 Å². The highest BCUT2D eigenvalue weighted by molar-refractivity contribution is 6.10. The summed E-state index contributed by atoms with van der Waals surface area (Å²) in [5.41, 5.74) is 0.499. The van der Waals surface area contributed by atoms with E-state index in [0.29, 0.717) is 79.4 Å². The molecule has 0 saturated heterocycles. The summed E-state index contributed by atoms with van der Waals surface area (Å²) in [6.45, 7) is 2.25. The standard InChI is InChI=1S/C33H30F2N2O7/c34-23-4-1-21(2-5-23)16-30(38)33(7-8-33)31(39)17-22-3-6-27(25(35)15-22)44-32-24-18-28-29(19-26(24)36-20-37-32)43-14-12-41-10-9-40-11-13-42-28/h1-6,15,18-20H,7-14,16-17H2. The highest BCUT2D eigenvalue weighted by Crippen LogP contribution is 2.49. The Hall–Kier alpha value is -4.48. The predicted molar refractivity (Wildman–Crippen MR) is 154 cm³/mol. The lowest BCUT2D eigenvalue weighted by Gasteiger charge is -2.16. The van der Waals surface area contributed by atoms with Crippen LogP contribution in [0.1, 0.15) is 24.0 Å². The number of hydrogen-bond donors (Lipinski definition) is 0. The zero-order chi connectivity index (χ0) is 30.5. The number of rotatable bonds is 8. The summed E-state index contributed by atoms with van der Waals surface area (Å²) in [5.74, 6) is -0.623. The maximum absolute atomic E-state index is 15.3. The molecule has 1 aliphatic heterocycles. The summed E-state index contributed by atoms with van der Waals surface area (Å²) in [6, 6.07) is 13.3. The fourth-order valence-electron chi connectivity index (χ4n) is 5.08. The molecule has 0 atom stereocenters. The Morgan fingerprint density at radius 1 is 0.750 bits per heavy atom. The molecule has 0 spiro atoms. The van der Waals surface area contributed by atoms with Gasteiger partial charge in [0.1, 0.15) is 25.4 Å². The van der Waals surface area contributed by atoms with Gasteiger partial charge in [-0.3, -0.25) is 9.59 Å². The summed E-state index contributed by atoms with van der Waals surface area (Å²) < 4.78 is 57.1. The molecule has 0 unspecified atom stereocenters. The Balaban J connectivity index is 1.16. The predicted octanol–water partition coefficient (Wildman–Crippen LogP) is 5.21. The summed E-state index contributed by atoms with van der Waals surface area (Å²) in [5, 5.41) is 0.480. The molecule has 0 amide bonds. The van der Waals surface area contributed by atoms with E-state index in [1.54, 1.807) is 18.2 Å². The smallest absolute Gasteiger partial charge is 0.230 e. The van der Waals surface area contributed by atoms with Crippen molar-refractivity contribution < 1.29 is 42.1 Å². The minimum absolute atomic E-state index is 0.0443. The fraction of sp³-hybridized carbons (Fsp3) is 0.333. The molecule has 0 bridgehead atoms. The lowest BCUT2D eigenvalue weighted by Crippen LogP contribution is -2.28. The maximum Gasteiger partial charge on any atom is 0.230 e. The molecule has 2 heterocycles. The Morgan fingerprint density at radius 3 is 2.02 bits per heavy atom. The van der Waals surface area contributed by atoms with Crippen LogP contribution in [0.15, 0.2) is 60.9 Å². The van der Waals surface area contributed by atoms with Crippen LogP contribution in [0.2, 0.25) is 0 Å². The van der Waals surface area contributed by atoms with E-state index in [2.05, 4.69) is 9.97 Å². The molecule has 1 saturated carbocycles. The largest absolute Gasteiger partial charge is 0.487 e. The van der Waals surface area contributed by atoms with Crippen molar-refractivity contribution in [2.45, 2.75) is 25.7 Å². The van der Waals surface area contributed by atoms with Gasteiger partial charge in [0.15, 0.2) is 34.6 Å². The normalized spacial score (nSPS) is 16.4. The van der Waals surface area contributed by atoms with Crippen molar-refractivity contribution in [1.82, 2.24) is 9.97 Å². The van der Waals surface area contributed by atoms with Crippen molar-refractivity contribution in [1.29, 1.82) is 0 Å². The number of benzene rings is 3. The van der Waals surface area contributed by atoms with Crippen LogP contribution >= 0.6 is 0 Å². The van der Waals surface area contributed by atoms with Crippen LogP contribution in [0.4, 0.5) is 8.78 Å². The van der Waals surface area contributed by atoms with Gasteiger partial charge in [-0.15, -0.1) is 0 Å². The summed E-state index contributed by atoms with van der Waals surface area (Å²) >= 11 is 0. The topological polar surface area (TPSA) is 106 Å². The second-order valence-electron chi connectivity index (χ2n) is 10.7. The van der Waals surface area contributed by atoms with Crippen LogP contribution in [-0.4, -0.2) is 61.2 Å². The molecule has 228 valence electrons. The first kappa shape index (κ1) is 29.6. The summed E-state index contributed by atoms with van der Waals surface area (Å²) in [4.78, 5) is 34.7. The van der Waals surface area contributed by atoms with Crippen molar-refractivity contribution in [3.8, 4) is 23.1 Å². The molecule has 0 radical (unpaired) electrons. The molecule has 0 N–H and O–H groups in total. The van der Waals surface area contributed by atoms with E-state index in [1.165, 1.54) is 42.7 Å². The number of ketones is 2. The lowest BCUT2D eigenvalue weighted by atomic mass is 9.88. The van der Waals surface area contributed by atoms with Gasteiger partial charge in [-0.1, -0.05) is 18.2 Å². The van der Waals surface area contributed by atoms with Crippen LogP contribution in [-0.2, 0) is 31.9 Å². The molecule has 1 aromatic heterocycles. The average Bonchev–Trinajstić information content (AvgIpc) is 3.82. The quantitative estimate of drug-likeness (QED) is 0.251. The van der Waals surface area contributed by atoms with Crippen molar-refractivity contribution in [2.24, 2.45) is 5.41 Å². The molecular weight excluding hydrogens is 574 g/mol. The van der Waals surface area contributed by atoms with Gasteiger partial charge < -0.3 is 23.7 Å². The molecule has 2 aliphatic rings. The van der Waals surface area contributed by atoms with Crippen LogP contribution in [0, 0.1) is 17.0 Å². The molecule has 9 nitrogen and oxygen atoms in total. The molecule has 11 heteroatoms. The molecule has 4 aromatic rings. The van der Waals surface area contributed by atoms with Crippen molar-refractivity contribution in [3.05, 3.63) is 83.7 Å². The number of hydrogen-bond acceptors (Lipinski definition) is 9. The molecule has 1 fully saturated rings. The van der Waals surface area contributed by atoms with Crippen LogP contribution in [0.25, 0.3) is 10.9 Å². The van der Waals surface area contributed by atoms with Gasteiger partial charge in [0.2, 0.25) is 5.88 Å². The third-order valence-corrected chi connectivity index (χ3v) is 7.67. The maximum atomic E-state index is 15.3. The second kappa shape index (κ2) is 13.0. The third-order valence-electron chi connectivity index (χ3n) is 7.67. The SMILES string of the molecule is O=C(Cc1ccc(F)cc1)C1(C(=O)Cc2ccc(Oc3ncnc4cc5c(cc34)OCCOCCOCCO5)c(F)c2)CC1. The first-order valence-corrected chi connectivity index (χ1v) is 14.4. The summed E-state index contributed by atoms with van der Waals surface area (Å²) in [6.07, 6.45) is 2.16. The minimum atomic E-state index is -1.07. The van der Waals surface area contributed by atoms with Crippen LogP contribution < -0.4 is 14.2 Å². The number of carbonyl (C=O) groups is 2. The number of fused-ring (bicyclic) bond motifs is 2. The number of aromatic nitrogens is 2. The Morgan fingerprint density at radius 2 is 1.36 bits per heavy atom. The van der Waals surface area contributed by atoms with E-state index < -0.39 is 17.0 Å². The molecular formula is C33H30F2N2O7. The number of Topliss-reactive ketones (excluding diaryl/α,β-unsaturated/α-hetero) is 2. The van der Waals surface area contributed by atoms with E-state index in [0.717, 1.165) is 0 Å². The number of ether oxygens (including phenoxy) is 5.